The Morgan fingerprint density at radius 1 is 1.12 bits per heavy atom. The van der Waals surface area contributed by atoms with Gasteiger partial charge < -0.3 is 10.2 Å². The number of pyridine rings is 1. The molecule has 2 heterocycles. The lowest BCUT2D eigenvalue weighted by molar-refractivity contribution is 0.0950. The molecule has 4 nitrogen and oxygen atoms in total. The number of hydrogen-bond acceptors (Lipinski definition) is 3. The van der Waals surface area contributed by atoms with Gasteiger partial charge in [-0.15, -0.1) is 0 Å². The van der Waals surface area contributed by atoms with E-state index in [1.54, 1.807) is 24.5 Å². The maximum absolute atomic E-state index is 11.9. The minimum absolute atomic E-state index is 0.0327. The average Bonchev–Trinajstić information content (AvgIpc) is 2.68. The number of nitrogens with one attached hydrogen (secondary N) is 1. The van der Waals surface area contributed by atoms with Crippen LogP contribution in [0, 0.1) is 5.92 Å². The van der Waals surface area contributed by atoms with Gasteiger partial charge in [0.2, 0.25) is 0 Å². The number of nitrogens with zero attached hydrogens (tertiary/aromatic N) is 2. The lowest BCUT2D eigenvalue weighted by Gasteiger charge is -2.32. The van der Waals surface area contributed by atoms with Crippen molar-refractivity contribution in [2.75, 3.05) is 26.2 Å². The molecule has 1 aromatic heterocycles. The van der Waals surface area contributed by atoms with Crippen LogP contribution in [0.5, 0.6) is 0 Å². The summed E-state index contributed by atoms with van der Waals surface area (Å²) in [4.78, 5) is 18.4. The molecule has 25 heavy (non-hydrogen) atoms. The van der Waals surface area contributed by atoms with Crippen LogP contribution in [0.15, 0.2) is 54.9 Å². The first kappa shape index (κ1) is 17.6. The van der Waals surface area contributed by atoms with Crippen LogP contribution in [0.4, 0.5) is 0 Å². The van der Waals surface area contributed by atoms with Crippen LogP contribution < -0.4 is 5.32 Å². The van der Waals surface area contributed by atoms with Gasteiger partial charge in [0.1, 0.15) is 0 Å². The third-order valence-corrected chi connectivity index (χ3v) is 4.93. The summed E-state index contributed by atoms with van der Waals surface area (Å²) in [5.74, 6) is 0.776. The largest absolute Gasteiger partial charge is 0.352 e. The zero-order chi connectivity index (χ0) is 17.3. The second-order valence-electron chi connectivity index (χ2n) is 6.83. The lowest BCUT2D eigenvalue weighted by atomic mass is 9.90. The van der Waals surface area contributed by atoms with Crippen molar-refractivity contribution in [2.45, 2.75) is 25.7 Å². The fourth-order valence-corrected chi connectivity index (χ4v) is 3.47. The number of rotatable bonds is 7. The molecule has 1 fully saturated rings. The van der Waals surface area contributed by atoms with Crippen molar-refractivity contribution in [1.82, 2.24) is 15.2 Å². The summed E-state index contributed by atoms with van der Waals surface area (Å²) in [7, 11) is 0. The Kier molecular flexibility index (Phi) is 6.57. The van der Waals surface area contributed by atoms with Crippen molar-refractivity contribution in [3.8, 4) is 0 Å². The molecular weight excluding hydrogens is 310 g/mol. The summed E-state index contributed by atoms with van der Waals surface area (Å²) >= 11 is 0. The van der Waals surface area contributed by atoms with Crippen molar-refractivity contribution in [3.05, 3.63) is 66.0 Å². The second-order valence-corrected chi connectivity index (χ2v) is 6.83. The molecule has 2 aromatic rings. The number of carbonyl (C=O) groups is 1. The molecule has 0 saturated carbocycles. The van der Waals surface area contributed by atoms with E-state index in [0.29, 0.717) is 5.56 Å². The van der Waals surface area contributed by atoms with E-state index >= 15 is 0 Å². The van der Waals surface area contributed by atoms with E-state index in [-0.39, 0.29) is 5.91 Å². The molecule has 0 atom stereocenters. The number of hydrogen-bond donors (Lipinski definition) is 1. The second kappa shape index (κ2) is 9.33. The molecule has 0 spiro atoms. The van der Waals surface area contributed by atoms with E-state index in [2.05, 4.69) is 45.5 Å². The van der Waals surface area contributed by atoms with Gasteiger partial charge in [-0.1, -0.05) is 30.3 Å². The van der Waals surface area contributed by atoms with Gasteiger partial charge in [0.05, 0.1) is 5.56 Å². The zero-order valence-electron chi connectivity index (χ0n) is 14.7. The highest BCUT2D eigenvalue weighted by Gasteiger charge is 2.19. The number of piperidine rings is 1. The topological polar surface area (TPSA) is 45.2 Å². The van der Waals surface area contributed by atoms with Gasteiger partial charge >= 0.3 is 0 Å². The van der Waals surface area contributed by atoms with E-state index in [0.717, 1.165) is 25.4 Å². The van der Waals surface area contributed by atoms with Crippen LogP contribution >= 0.6 is 0 Å². The Labute approximate surface area is 150 Å². The summed E-state index contributed by atoms with van der Waals surface area (Å²) in [6.07, 6.45) is 8.03. The quantitative estimate of drug-likeness (QED) is 0.790. The van der Waals surface area contributed by atoms with Gasteiger partial charge in [-0.2, -0.15) is 0 Å². The third kappa shape index (κ3) is 5.68. The van der Waals surface area contributed by atoms with Gasteiger partial charge in [-0.25, -0.2) is 0 Å². The van der Waals surface area contributed by atoms with E-state index in [4.69, 9.17) is 0 Å². The Balaban J connectivity index is 1.30. The van der Waals surface area contributed by atoms with E-state index < -0.39 is 0 Å². The Hall–Kier alpha value is -2.20. The third-order valence-electron chi connectivity index (χ3n) is 4.93. The molecule has 3 rings (SSSR count). The zero-order valence-corrected chi connectivity index (χ0v) is 14.7. The van der Waals surface area contributed by atoms with Gasteiger partial charge in [0.15, 0.2) is 0 Å². The fraction of sp³-hybridized carbons (Fsp3) is 0.429. The first-order valence-electron chi connectivity index (χ1n) is 9.26. The molecule has 4 heteroatoms. The normalized spacial score (nSPS) is 15.8. The van der Waals surface area contributed by atoms with Crippen LogP contribution in [-0.2, 0) is 6.42 Å². The lowest BCUT2D eigenvalue weighted by Crippen LogP contribution is -2.36. The minimum atomic E-state index is -0.0327. The first-order chi connectivity index (χ1) is 12.3. The van der Waals surface area contributed by atoms with Crippen molar-refractivity contribution >= 4 is 5.91 Å². The van der Waals surface area contributed by atoms with Crippen molar-refractivity contribution in [2.24, 2.45) is 5.92 Å². The number of carbonyl (C=O) groups excluding carboxylic acids is 1. The summed E-state index contributed by atoms with van der Waals surface area (Å²) in [6.45, 7) is 4.13. The molecule has 1 aliphatic heterocycles. The Morgan fingerprint density at radius 2 is 1.92 bits per heavy atom. The highest BCUT2D eigenvalue weighted by molar-refractivity contribution is 5.93. The SMILES string of the molecule is O=C(NCCCN1CCC(Cc2ccccc2)CC1)c1cccnc1. The minimum Gasteiger partial charge on any atom is -0.352 e. The highest BCUT2D eigenvalue weighted by atomic mass is 16.1. The van der Waals surface area contributed by atoms with Gasteiger partial charge in [-0.3, -0.25) is 9.78 Å². The van der Waals surface area contributed by atoms with Gasteiger partial charge in [0.25, 0.3) is 5.91 Å². The Morgan fingerprint density at radius 3 is 2.64 bits per heavy atom. The van der Waals surface area contributed by atoms with Crippen molar-refractivity contribution < 1.29 is 4.79 Å². The maximum atomic E-state index is 11.9. The highest BCUT2D eigenvalue weighted by Crippen LogP contribution is 2.21. The predicted molar refractivity (Wildman–Crippen MR) is 100 cm³/mol. The smallest absolute Gasteiger partial charge is 0.252 e. The average molecular weight is 337 g/mol. The predicted octanol–water partition coefficient (Wildman–Crippen LogP) is 3.16. The van der Waals surface area contributed by atoms with Gasteiger partial charge in [-0.05, 0) is 68.9 Å². The summed E-state index contributed by atoms with van der Waals surface area (Å²) in [6, 6.07) is 14.4. The summed E-state index contributed by atoms with van der Waals surface area (Å²) in [5, 5.41) is 2.97. The molecule has 1 amide bonds. The first-order valence-corrected chi connectivity index (χ1v) is 9.26. The molecule has 0 unspecified atom stereocenters. The van der Waals surface area contributed by atoms with Crippen LogP contribution in [0.25, 0.3) is 0 Å². The van der Waals surface area contributed by atoms with Gasteiger partial charge in [0, 0.05) is 18.9 Å². The number of benzene rings is 1. The molecule has 0 radical (unpaired) electrons. The Bertz CT molecular complexity index is 637. The monoisotopic (exact) mass is 337 g/mol. The number of likely N-dealkylation sites (tertiary alicyclic amines) is 1. The molecule has 0 aliphatic carbocycles. The molecule has 1 aromatic carbocycles. The molecule has 1 saturated heterocycles. The molecule has 1 aliphatic rings. The van der Waals surface area contributed by atoms with Crippen LogP contribution in [0.1, 0.15) is 35.2 Å². The van der Waals surface area contributed by atoms with Crippen molar-refractivity contribution in [1.29, 1.82) is 0 Å². The van der Waals surface area contributed by atoms with Crippen LogP contribution in [0.2, 0.25) is 0 Å². The van der Waals surface area contributed by atoms with E-state index in [9.17, 15) is 4.79 Å². The van der Waals surface area contributed by atoms with E-state index in [1.165, 1.54) is 37.9 Å². The standard InChI is InChI=1S/C21H27N3O/c25-21(20-8-4-11-22-17-20)23-12-5-13-24-14-9-19(10-15-24)16-18-6-2-1-3-7-18/h1-4,6-8,11,17,19H,5,9-10,12-16H2,(H,23,25). The summed E-state index contributed by atoms with van der Waals surface area (Å²) in [5.41, 5.74) is 2.09. The van der Waals surface area contributed by atoms with Crippen molar-refractivity contribution in [3.63, 3.8) is 0 Å². The summed E-state index contributed by atoms with van der Waals surface area (Å²) < 4.78 is 0. The molecule has 1 N–H and O–H groups in total. The maximum Gasteiger partial charge on any atom is 0.252 e. The molecule has 132 valence electrons. The molecule has 0 bridgehead atoms. The van der Waals surface area contributed by atoms with Crippen LogP contribution in [-0.4, -0.2) is 42.0 Å². The fourth-order valence-electron chi connectivity index (χ4n) is 3.47. The number of aromatic nitrogens is 1. The van der Waals surface area contributed by atoms with E-state index in [1.807, 2.05) is 0 Å². The molecular formula is C21H27N3O. The number of amides is 1. The van der Waals surface area contributed by atoms with Crippen LogP contribution in [0.3, 0.4) is 0 Å².